The molecule has 2 rings (SSSR count). The molecule has 7 heteroatoms. The van der Waals surface area contributed by atoms with Gasteiger partial charge in [0.2, 0.25) is 0 Å². The minimum atomic E-state index is -0.443. The molecule has 1 aromatic rings. The topological polar surface area (TPSA) is 50.8 Å². The van der Waals surface area contributed by atoms with E-state index in [0.717, 1.165) is 12.1 Å². The second-order valence-corrected chi connectivity index (χ2v) is 4.33. The smallest absolute Gasteiger partial charge is 0.191 e. The van der Waals surface area contributed by atoms with Crippen LogP contribution >= 0.6 is 24.0 Å². The van der Waals surface area contributed by atoms with Gasteiger partial charge in [-0.05, 0) is 30.2 Å². The minimum Gasteiger partial charge on any atom is -0.378 e. The predicted molar refractivity (Wildman–Crippen MR) is 84.4 cm³/mol. The van der Waals surface area contributed by atoms with Gasteiger partial charge < -0.3 is 15.4 Å². The quantitative estimate of drug-likeness (QED) is 0.481. The largest absolute Gasteiger partial charge is 0.378 e. The number of benzene rings is 1. The van der Waals surface area contributed by atoms with E-state index >= 15 is 0 Å². The van der Waals surface area contributed by atoms with Gasteiger partial charge >= 0.3 is 0 Å². The summed E-state index contributed by atoms with van der Waals surface area (Å²) in [5, 5.41) is 0. The summed E-state index contributed by atoms with van der Waals surface area (Å²) in [7, 11) is 0. The van der Waals surface area contributed by atoms with Gasteiger partial charge in [0.25, 0.3) is 0 Å². The van der Waals surface area contributed by atoms with Gasteiger partial charge in [0.05, 0.1) is 13.2 Å². The van der Waals surface area contributed by atoms with E-state index in [4.69, 9.17) is 10.5 Å². The number of aliphatic imine (C=N–C) groups is 1. The fourth-order valence-electron chi connectivity index (χ4n) is 1.92. The van der Waals surface area contributed by atoms with Crippen molar-refractivity contribution in [2.75, 3.05) is 32.8 Å². The predicted octanol–water partition coefficient (Wildman–Crippen LogP) is 1.77. The van der Waals surface area contributed by atoms with Crippen molar-refractivity contribution in [2.24, 2.45) is 10.7 Å². The van der Waals surface area contributed by atoms with Crippen molar-refractivity contribution in [3.63, 3.8) is 0 Å². The number of morpholine rings is 1. The van der Waals surface area contributed by atoms with Gasteiger partial charge in [0.15, 0.2) is 5.96 Å². The van der Waals surface area contributed by atoms with Crippen molar-refractivity contribution < 1.29 is 13.5 Å². The number of nitrogens with two attached hydrogens (primary N) is 1. The number of hydrogen-bond donors (Lipinski definition) is 1. The van der Waals surface area contributed by atoms with Crippen LogP contribution < -0.4 is 5.73 Å². The van der Waals surface area contributed by atoms with E-state index in [1.165, 1.54) is 6.07 Å². The van der Waals surface area contributed by atoms with Gasteiger partial charge in [-0.15, -0.1) is 24.0 Å². The Morgan fingerprint density at radius 3 is 2.70 bits per heavy atom. The van der Waals surface area contributed by atoms with Crippen molar-refractivity contribution in [3.05, 3.63) is 35.4 Å². The maximum atomic E-state index is 13.4. The van der Waals surface area contributed by atoms with Gasteiger partial charge in [0, 0.05) is 19.6 Å². The Balaban J connectivity index is 0.00000200. The summed E-state index contributed by atoms with van der Waals surface area (Å²) in [6, 6.07) is 3.42. The highest BCUT2D eigenvalue weighted by molar-refractivity contribution is 14.0. The van der Waals surface area contributed by atoms with Crippen molar-refractivity contribution in [2.45, 2.75) is 6.42 Å². The summed E-state index contributed by atoms with van der Waals surface area (Å²) >= 11 is 0. The molecule has 0 saturated carbocycles. The lowest BCUT2D eigenvalue weighted by Crippen LogP contribution is -2.44. The Morgan fingerprint density at radius 2 is 2.00 bits per heavy atom. The average molecular weight is 397 g/mol. The Hall–Kier alpha value is -0.960. The fraction of sp³-hybridized carbons (Fsp3) is 0.462. The van der Waals surface area contributed by atoms with Gasteiger partial charge in [0.1, 0.15) is 11.6 Å². The zero-order valence-corrected chi connectivity index (χ0v) is 13.3. The van der Waals surface area contributed by atoms with Crippen LogP contribution in [0.3, 0.4) is 0 Å². The van der Waals surface area contributed by atoms with E-state index < -0.39 is 11.6 Å². The first-order valence-corrected chi connectivity index (χ1v) is 6.23. The Labute approximate surface area is 134 Å². The number of halogens is 3. The van der Waals surface area contributed by atoms with Crippen LogP contribution in [0.25, 0.3) is 0 Å². The lowest BCUT2D eigenvalue weighted by Gasteiger charge is -2.27. The number of rotatable bonds is 3. The van der Waals surface area contributed by atoms with E-state index in [0.29, 0.717) is 50.8 Å². The lowest BCUT2D eigenvalue weighted by atomic mass is 10.1. The molecule has 0 aromatic heterocycles. The summed E-state index contributed by atoms with van der Waals surface area (Å²) < 4.78 is 31.6. The van der Waals surface area contributed by atoms with E-state index in [9.17, 15) is 8.78 Å². The maximum Gasteiger partial charge on any atom is 0.191 e. The molecule has 1 aromatic carbocycles. The molecule has 1 heterocycles. The fourth-order valence-corrected chi connectivity index (χ4v) is 1.92. The molecular weight excluding hydrogens is 379 g/mol. The second kappa shape index (κ2) is 8.35. The monoisotopic (exact) mass is 397 g/mol. The Bertz CT molecular complexity index is 465. The van der Waals surface area contributed by atoms with Crippen LogP contribution in [0, 0.1) is 11.6 Å². The van der Waals surface area contributed by atoms with Crippen LogP contribution in [0.4, 0.5) is 8.78 Å². The van der Waals surface area contributed by atoms with E-state index in [1.54, 1.807) is 0 Å². The van der Waals surface area contributed by atoms with Crippen LogP contribution in [-0.4, -0.2) is 43.7 Å². The summed E-state index contributed by atoms with van der Waals surface area (Å²) in [6.07, 6.45) is 0.328. The van der Waals surface area contributed by atoms with Gasteiger partial charge in [-0.25, -0.2) is 8.78 Å². The van der Waals surface area contributed by atoms with E-state index in [2.05, 4.69) is 4.99 Å². The molecule has 1 fully saturated rings. The highest BCUT2D eigenvalue weighted by Gasteiger charge is 2.12. The summed E-state index contributed by atoms with van der Waals surface area (Å²) in [5.74, 6) is -0.428. The molecule has 0 amide bonds. The molecule has 0 spiro atoms. The number of ether oxygens (including phenoxy) is 1. The first-order valence-electron chi connectivity index (χ1n) is 6.23. The molecule has 0 aliphatic carbocycles. The Kier molecular flexibility index (Phi) is 7.14. The summed E-state index contributed by atoms with van der Waals surface area (Å²) in [6.45, 7) is 3.03. The molecule has 1 saturated heterocycles. The first-order chi connectivity index (χ1) is 9.16. The molecule has 0 radical (unpaired) electrons. The standard InChI is InChI=1S/C13H17F2N3O.HI/c14-11-1-2-12(15)10(9-11)3-4-17-13(16)18-5-7-19-8-6-18;/h1-2,9H,3-8H2,(H2,16,17);1H. The van der Waals surface area contributed by atoms with Crippen molar-refractivity contribution in [3.8, 4) is 0 Å². The minimum absolute atomic E-state index is 0. The van der Waals surface area contributed by atoms with Gasteiger partial charge in [-0.1, -0.05) is 0 Å². The van der Waals surface area contributed by atoms with Crippen LogP contribution in [0.1, 0.15) is 5.56 Å². The molecule has 0 unspecified atom stereocenters. The van der Waals surface area contributed by atoms with E-state index in [1.807, 2.05) is 4.90 Å². The molecule has 0 atom stereocenters. The summed E-state index contributed by atoms with van der Waals surface area (Å²) in [4.78, 5) is 6.11. The highest BCUT2D eigenvalue weighted by Crippen LogP contribution is 2.10. The van der Waals surface area contributed by atoms with Crippen LogP contribution in [-0.2, 0) is 11.2 Å². The van der Waals surface area contributed by atoms with Crippen molar-refractivity contribution in [1.82, 2.24) is 4.90 Å². The maximum absolute atomic E-state index is 13.4. The third kappa shape index (κ3) is 4.86. The van der Waals surface area contributed by atoms with Gasteiger partial charge in [-0.2, -0.15) is 0 Å². The third-order valence-corrected chi connectivity index (χ3v) is 3.00. The molecule has 1 aliphatic rings. The normalized spacial score (nSPS) is 15.9. The zero-order chi connectivity index (χ0) is 13.7. The van der Waals surface area contributed by atoms with Crippen LogP contribution in [0.15, 0.2) is 23.2 Å². The molecule has 4 nitrogen and oxygen atoms in total. The number of nitrogens with zero attached hydrogens (tertiary/aromatic N) is 2. The summed E-state index contributed by atoms with van der Waals surface area (Å²) in [5.41, 5.74) is 6.15. The number of guanidine groups is 1. The zero-order valence-electron chi connectivity index (χ0n) is 11.0. The molecular formula is C13H18F2IN3O. The average Bonchev–Trinajstić information content (AvgIpc) is 2.43. The third-order valence-electron chi connectivity index (χ3n) is 3.00. The van der Waals surface area contributed by atoms with Crippen LogP contribution in [0.2, 0.25) is 0 Å². The number of hydrogen-bond acceptors (Lipinski definition) is 2. The van der Waals surface area contributed by atoms with Crippen LogP contribution in [0.5, 0.6) is 0 Å². The molecule has 1 aliphatic heterocycles. The second-order valence-electron chi connectivity index (χ2n) is 4.33. The highest BCUT2D eigenvalue weighted by atomic mass is 127. The molecule has 0 bridgehead atoms. The molecule has 20 heavy (non-hydrogen) atoms. The van der Waals surface area contributed by atoms with Gasteiger partial charge in [-0.3, -0.25) is 4.99 Å². The Morgan fingerprint density at radius 1 is 1.30 bits per heavy atom. The SMILES string of the molecule is I.NC(=NCCc1cc(F)ccc1F)N1CCOCC1. The molecule has 112 valence electrons. The van der Waals surface area contributed by atoms with Crippen molar-refractivity contribution >= 4 is 29.9 Å². The van der Waals surface area contributed by atoms with E-state index in [-0.39, 0.29) is 24.0 Å². The molecule has 2 N–H and O–H groups in total. The van der Waals surface area contributed by atoms with Crippen molar-refractivity contribution in [1.29, 1.82) is 0 Å². The first kappa shape index (κ1) is 17.1. The lowest BCUT2D eigenvalue weighted by molar-refractivity contribution is 0.0674.